The van der Waals surface area contributed by atoms with E-state index in [9.17, 15) is 4.39 Å². The number of aryl methyl sites for hydroxylation is 2. The first-order valence-corrected chi connectivity index (χ1v) is 7.53. The summed E-state index contributed by atoms with van der Waals surface area (Å²) in [5, 5.41) is 1.17. The van der Waals surface area contributed by atoms with Gasteiger partial charge in [0.15, 0.2) is 5.82 Å². The van der Waals surface area contributed by atoms with Crippen LogP contribution in [0, 0.1) is 19.7 Å². The van der Waals surface area contributed by atoms with Gasteiger partial charge in [0.25, 0.3) is 0 Å². The molecule has 0 atom stereocenters. The number of nitrogens with zero attached hydrogens (tertiary/aromatic N) is 2. The number of rotatable bonds is 1. The zero-order valence-corrected chi connectivity index (χ0v) is 13.8. The lowest BCUT2D eigenvalue weighted by atomic mass is 10.1. The van der Waals surface area contributed by atoms with Gasteiger partial charge in [-0.25, -0.2) is 14.4 Å². The molecule has 0 aliphatic carbocycles. The van der Waals surface area contributed by atoms with Crippen LogP contribution in [-0.4, -0.2) is 9.97 Å². The molecule has 21 heavy (non-hydrogen) atoms. The Morgan fingerprint density at radius 1 is 1.05 bits per heavy atom. The van der Waals surface area contributed by atoms with Crippen molar-refractivity contribution in [1.82, 2.24) is 9.97 Å². The molecule has 1 aromatic heterocycles. The maximum absolute atomic E-state index is 13.4. The molecule has 0 saturated heterocycles. The fraction of sp³-hybridized carbons (Fsp3) is 0.125. The average molecular weight is 366 g/mol. The van der Waals surface area contributed by atoms with E-state index in [-0.39, 0.29) is 5.82 Å². The molecule has 5 heteroatoms. The van der Waals surface area contributed by atoms with E-state index in [1.807, 2.05) is 19.1 Å². The third-order valence-corrected chi connectivity index (χ3v) is 4.31. The Hall–Kier alpha value is -1.52. The van der Waals surface area contributed by atoms with Gasteiger partial charge in [0, 0.05) is 10.0 Å². The third-order valence-electron chi connectivity index (χ3n) is 3.37. The standard InChI is InChI=1S/C16H11BrClFN2/c1-8-3-5-11(17)13-14(8)20-16(21-15(13)18)10-4-6-12(19)9(2)7-10/h3-7H,1-2H3. The van der Waals surface area contributed by atoms with Gasteiger partial charge >= 0.3 is 0 Å². The quantitative estimate of drug-likeness (QED) is 0.534. The van der Waals surface area contributed by atoms with E-state index in [0.29, 0.717) is 16.5 Å². The topological polar surface area (TPSA) is 25.8 Å². The van der Waals surface area contributed by atoms with Crippen molar-refractivity contribution in [2.45, 2.75) is 13.8 Å². The molecule has 2 nitrogen and oxygen atoms in total. The second-order valence-corrected chi connectivity index (χ2v) is 6.10. The largest absolute Gasteiger partial charge is 0.228 e. The highest BCUT2D eigenvalue weighted by Crippen LogP contribution is 2.32. The molecule has 3 aromatic rings. The van der Waals surface area contributed by atoms with Crippen molar-refractivity contribution in [2.75, 3.05) is 0 Å². The number of halogens is 3. The van der Waals surface area contributed by atoms with E-state index >= 15 is 0 Å². The fourth-order valence-electron chi connectivity index (χ4n) is 2.20. The Balaban J connectivity index is 2.30. The molecular weight excluding hydrogens is 355 g/mol. The Morgan fingerprint density at radius 3 is 2.52 bits per heavy atom. The minimum Gasteiger partial charge on any atom is -0.228 e. The molecule has 0 spiro atoms. The lowest BCUT2D eigenvalue weighted by Gasteiger charge is -2.09. The monoisotopic (exact) mass is 364 g/mol. The molecule has 0 radical (unpaired) electrons. The van der Waals surface area contributed by atoms with Crippen LogP contribution in [0.2, 0.25) is 5.15 Å². The van der Waals surface area contributed by atoms with Crippen molar-refractivity contribution in [1.29, 1.82) is 0 Å². The molecule has 2 aromatic carbocycles. The van der Waals surface area contributed by atoms with Crippen molar-refractivity contribution in [3.05, 3.63) is 56.9 Å². The van der Waals surface area contributed by atoms with Crippen LogP contribution < -0.4 is 0 Å². The van der Waals surface area contributed by atoms with Crippen molar-refractivity contribution in [3.8, 4) is 11.4 Å². The van der Waals surface area contributed by atoms with Crippen molar-refractivity contribution in [2.24, 2.45) is 0 Å². The molecule has 3 rings (SSSR count). The molecule has 0 fully saturated rings. The lowest BCUT2D eigenvalue weighted by Crippen LogP contribution is -1.95. The van der Waals surface area contributed by atoms with E-state index < -0.39 is 0 Å². The summed E-state index contributed by atoms with van der Waals surface area (Å²) < 4.78 is 14.2. The van der Waals surface area contributed by atoms with Crippen LogP contribution >= 0.6 is 27.5 Å². The summed E-state index contributed by atoms with van der Waals surface area (Å²) in [6.45, 7) is 3.68. The first-order valence-electron chi connectivity index (χ1n) is 6.36. The molecule has 0 bridgehead atoms. The van der Waals surface area contributed by atoms with Crippen molar-refractivity contribution < 1.29 is 4.39 Å². The normalized spacial score (nSPS) is 11.1. The molecule has 0 aliphatic rings. The highest BCUT2D eigenvalue weighted by Gasteiger charge is 2.13. The van der Waals surface area contributed by atoms with Crippen LogP contribution in [0.5, 0.6) is 0 Å². The van der Waals surface area contributed by atoms with Gasteiger partial charge in [-0.2, -0.15) is 0 Å². The predicted molar refractivity (Wildman–Crippen MR) is 87.1 cm³/mol. The lowest BCUT2D eigenvalue weighted by molar-refractivity contribution is 0.618. The molecular formula is C16H11BrClFN2. The molecule has 0 amide bonds. The Morgan fingerprint density at radius 2 is 1.81 bits per heavy atom. The minimum absolute atomic E-state index is 0.246. The van der Waals surface area contributed by atoms with E-state index in [1.165, 1.54) is 6.07 Å². The summed E-state index contributed by atoms with van der Waals surface area (Å²) in [5.41, 5.74) is 3.11. The third kappa shape index (κ3) is 2.54. The molecule has 0 aliphatic heterocycles. The summed E-state index contributed by atoms with van der Waals surface area (Å²) in [6.07, 6.45) is 0. The van der Waals surface area contributed by atoms with Gasteiger partial charge in [-0.15, -0.1) is 0 Å². The van der Waals surface area contributed by atoms with E-state index in [1.54, 1.807) is 19.1 Å². The van der Waals surface area contributed by atoms with Crippen LogP contribution in [0.1, 0.15) is 11.1 Å². The first-order chi connectivity index (χ1) is 9.97. The first kappa shape index (κ1) is 14.4. The maximum atomic E-state index is 13.4. The number of benzene rings is 2. The molecule has 1 heterocycles. The zero-order valence-electron chi connectivity index (χ0n) is 11.4. The zero-order chi connectivity index (χ0) is 15.1. The van der Waals surface area contributed by atoms with Gasteiger partial charge in [-0.05, 0) is 65.2 Å². The molecule has 0 saturated carbocycles. The van der Waals surface area contributed by atoms with Crippen LogP contribution in [0.3, 0.4) is 0 Å². The van der Waals surface area contributed by atoms with Gasteiger partial charge in [0.1, 0.15) is 11.0 Å². The summed E-state index contributed by atoms with van der Waals surface area (Å²) in [4.78, 5) is 8.94. The van der Waals surface area contributed by atoms with Crippen LogP contribution in [0.25, 0.3) is 22.3 Å². The van der Waals surface area contributed by atoms with E-state index in [2.05, 4.69) is 25.9 Å². The van der Waals surface area contributed by atoms with E-state index in [0.717, 1.165) is 26.5 Å². The van der Waals surface area contributed by atoms with Gasteiger partial charge < -0.3 is 0 Å². The number of hydrogen-bond donors (Lipinski definition) is 0. The molecule has 0 unspecified atom stereocenters. The van der Waals surface area contributed by atoms with Crippen molar-refractivity contribution in [3.63, 3.8) is 0 Å². The van der Waals surface area contributed by atoms with Crippen molar-refractivity contribution >= 4 is 38.4 Å². The predicted octanol–water partition coefficient (Wildman–Crippen LogP) is 5.47. The Bertz CT molecular complexity index is 865. The van der Waals surface area contributed by atoms with E-state index in [4.69, 9.17) is 11.6 Å². The highest BCUT2D eigenvalue weighted by molar-refractivity contribution is 9.10. The molecule has 0 N–H and O–H groups in total. The Labute approximate surface area is 135 Å². The summed E-state index contributed by atoms with van der Waals surface area (Å²) in [7, 11) is 0. The highest BCUT2D eigenvalue weighted by atomic mass is 79.9. The van der Waals surface area contributed by atoms with Crippen LogP contribution in [0.15, 0.2) is 34.8 Å². The minimum atomic E-state index is -0.246. The maximum Gasteiger partial charge on any atom is 0.161 e. The van der Waals surface area contributed by atoms with Gasteiger partial charge in [-0.3, -0.25) is 0 Å². The molecule has 106 valence electrons. The summed E-state index contributed by atoms with van der Waals surface area (Å²) in [5.74, 6) is 0.251. The second kappa shape index (κ2) is 5.35. The van der Waals surface area contributed by atoms with Gasteiger partial charge in [-0.1, -0.05) is 17.7 Å². The summed E-state index contributed by atoms with van der Waals surface area (Å²) in [6, 6.07) is 8.69. The number of aromatic nitrogens is 2. The summed E-state index contributed by atoms with van der Waals surface area (Å²) >= 11 is 9.77. The van der Waals surface area contributed by atoms with Gasteiger partial charge in [0.05, 0.1) is 10.9 Å². The van der Waals surface area contributed by atoms with Crippen LogP contribution in [-0.2, 0) is 0 Å². The van der Waals surface area contributed by atoms with Crippen LogP contribution in [0.4, 0.5) is 4.39 Å². The second-order valence-electron chi connectivity index (χ2n) is 4.89. The average Bonchev–Trinajstić information content (AvgIpc) is 2.45. The van der Waals surface area contributed by atoms with Gasteiger partial charge in [0.2, 0.25) is 0 Å². The fourth-order valence-corrected chi connectivity index (χ4v) is 3.10. The SMILES string of the molecule is Cc1cc(-c2nc(Cl)c3c(Br)ccc(C)c3n2)ccc1F. The number of hydrogen-bond acceptors (Lipinski definition) is 2. The smallest absolute Gasteiger partial charge is 0.161 e. The number of fused-ring (bicyclic) bond motifs is 1. The Kier molecular flexibility index (Phi) is 3.68.